The molecule has 1 amide bonds. The average Bonchev–Trinajstić information content (AvgIpc) is 2.52. The molecule has 3 N–H and O–H groups in total. The summed E-state index contributed by atoms with van der Waals surface area (Å²) in [5, 5.41) is 22.3. The van der Waals surface area contributed by atoms with Gasteiger partial charge in [-0.3, -0.25) is 9.59 Å². The van der Waals surface area contributed by atoms with E-state index in [9.17, 15) is 19.8 Å². The summed E-state index contributed by atoms with van der Waals surface area (Å²) in [7, 11) is 2.55. The van der Waals surface area contributed by atoms with Gasteiger partial charge in [0.25, 0.3) is 0 Å². The molecule has 0 saturated carbocycles. The van der Waals surface area contributed by atoms with Crippen LogP contribution in [-0.2, 0) is 25.7 Å². The fourth-order valence-corrected chi connectivity index (χ4v) is 1.86. The van der Waals surface area contributed by atoms with Gasteiger partial charge in [0.15, 0.2) is 6.29 Å². The van der Waals surface area contributed by atoms with Crippen LogP contribution in [0.25, 0.3) is 0 Å². The first-order chi connectivity index (χ1) is 10.4. The maximum Gasteiger partial charge on any atom is 0.309 e. The Morgan fingerprint density at radius 2 is 1.91 bits per heavy atom. The molecule has 0 saturated heterocycles. The summed E-state index contributed by atoms with van der Waals surface area (Å²) in [5.41, 5.74) is -1.26. The van der Waals surface area contributed by atoms with Crippen molar-refractivity contribution in [2.75, 3.05) is 14.2 Å². The number of rotatable bonds is 8. The molecule has 7 heteroatoms. The van der Waals surface area contributed by atoms with Crippen molar-refractivity contribution in [3.63, 3.8) is 0 Å². The Labute approximate surface area is 128 Å². The minimum Gasteiger partial charge on any atom is -0.461 e. The van der Waals surface area contributed by atoms with Crippen molar-refractivity contribution in [1.82, 2.24) is 5.32 Å². The molecular weight excluding hydrogens is 290 g/mol. The van der Waals surface area contributed by atoms with Gasteiger partial charge in [-0.05, 0) is 5.56 Å². The van der Waals surface area contributed by atoms with Crippen molar-refractivity contribution >= 4 is 11.9 Å². The summed E-state index contributed by atoms with van der Waals surface area (Å²) in [5.74, 6) is -1.28. The zero-order valence-electron chi connectivity index (χ0n) is 12.6. The summed E-state index contributed by atoms with van der Waals surface area (Å²) >= 11 is 0. The molecule has 0 aromatic heterocycles. The maximum absolute atomic E-state index is 11.8. The Bertz CT molecular complexity index is 492. The van der Waals surface area contributed by atoms with Crippen molar-refractivity contribution < 1.29 is 29.3 Å². The van der Waals surface area contributed by atoms with E-state index >= 15 is 0 Å². The Morgan fingerprint density at radius 3 is 2.45 bits per heavy atom. The third-order valence-corrected chi connectivity index (χ3v) is 3.12. The number of aliphatic hydroxyl groups is 2. The molecule has 1 aromatic rings. The molecule has 0 aliphatic rings. The fourth-order valence-electron chi connectivity index (χ4n) is 1.86. The van der Waals surface area contributed by atoms with Crippen LogP contribution in [0.4, 0.5) is 0 Å². The van der Waals surface area contributed by atoms with Crippen LogP contribution in [0, 0.1) is 0 Å². The van der Waals surface area contributed by atoms with Gasteiger partial charge in [0.1, 0.15) is 12.2 Å². The van der Waals surface area contributed by atoms with Gasteiger partial charge in [0, 0.05) is 14.2 Å². The second-order valence-corrected chi connectivity index (χ2v) is 4.86. The Morgan fingerprint density at radius 1 is 1.27 bits per heavy atom. The van der Waals surface area contributed by atoms with Crippen LogP contribution in [0.1, 0.15) is 18.4 Å². The van der Waals surface area contributed by atoms with Crippen LogP contribution in [-0.4, -0.2) is 48.1 Å². The number of benzene rings is 1. The lowest BCUT2D eigenvalue weighted by molar-refractivity contribution is -0.210. The molecule has 2 atom stereocenters. The summed E-state index contributed by atoms with van der Waals surface area (Å²) in [6.07, 6.45) is -2.74. The predicted octanol–water partition coefficient (Wildman–Crippen LogP) is -0.0481. The zero-order chi connectivity index (χ0) is 16.6. The van der Waals surface area contributed by atoms with Crippen molar-refractivity contribution in [2.24, 2.45) is 0 Å². The molecule has 0 bridgehead atoms. The van der Waals surface area contributed by atoms with E-state index in [0.29, 0.717) is 0 Å². The maximum atomic E-state index is 11.8. The molecular formula is C15H21NO6. The van der Waals surface area contributed by atoms with Crippen molar-refractivity contribution in [3.8, 4) is 0 Å². The first kappa shape index (κ1) is 18.1. The van der Waals surface area contributed by atoms with Crippen molar-refractivity contribution in [3.05, 3.63) is 35.9 Å². The average molecular weight is 311 g/mol. The number of methoxy groups -OCH3 is 1. The number of hydrogen-bond acceptors (Lipinski definition) is 6. The van der Waals surface area contributed by atoms with Crippen LogP contribution >= 0.6 is 0 Å². The summed E-state index contributed by atoms with van der Waals surface area (Å²) < 4.78 is 9.68. The van der Waals surface area contributed by atoms with Crippen LogP contribution in [0.5, 0.6) is 0 Å². The predicted molar refractivity (Wildman–Crippen MR) is 77.5 cm³/mol. The third-order valence-electron chi connectivity index (χ3n) is 3.12. The van der Waals surface area contributed by atoms with Gasteiger partial charge < -0.3 is 25.0 Å². The Hall–Kier alpha value is -1.96. The molecule has 1 rings (SSSR count). The number of nitrogens with one attached hydrogen (secondary N) is 1. The lowest BCUT2D eigenvalue weighted by Gasteiger charge is -2.30. The quantitative estimate of drug-likeness (QED) is 0.459. The van der Waals surface area contributed by atoms with E-state index in [0.717, 1.165) is 12.7 Å². The van der Waals surface area contributed by atoms with E-state index in [1.165, 1.54) is 7.05 Å². The van der Waals surface area contributed by atoms with Gasteiger partial charge in [0.05, 0.1) is 12.8 Å². The second-order valence-electron chi connectivity index (χ2n) is 4.86. The minimum absolute atomic E-state index is 0.0405. The number of hydrogen-bond donors (Lipinski definition) is 3. The largest absolute Gasteiger partial charge is 0.461 e. The number of esters is 1. The SMILES string of the molecule is CNC(=O)CC(O)(CC(=O)OCc1ccccc1)C(O)OC. The summed E-state index contributed by atoms with van der Waals surface area (Å²) in [4.78, 5) is 23.3. The molecule has 7 nitrogen and oxygen atoms in total. The zero-order valence-corrected chi connectivity index (χ0v) is 12.6. The fraction of sp³-hybridized carbons (Fsp3) is 0.467. The monoisotopic (exact) mass is 311 g/mol. The van der Waals surface area contributed by atoms with E-state index in [2.05, 4.69) is 10.1 Å². The van der Waals surface area contributed by atoms with E-state index in [-0.39, 0.29) is 6.61 Å². The van der Waals surface area contributed by atoms with E-state index in [1.807, 2.05) is 6.07 Å². The molecule has 0 spiro atoms. The van der Waals surface area contributed by atoms with Gasteiger partial charge in [0.2, 0.25) is 5.91 Å². The first-order valence-electron chi connectivity index (χ1n) is 6.74. The minimum atomic E-state index is -2.05. The smallest absolute Gasteiger partial charge is 0.309 e. The normalized spacial score (nSPS) is 14.7. The van der Waals surface area contributed by atoms with Gasteiger partial charge in [-0.1, -0.05) is 30.3 Å². The van der Waals surface area contributed by atoms with Gasteiger partial charge >= 0.3 is 5.97 Å². The second kappa shape index (κ2) is 8.47. The molecule has 0 aliphatic carbocycles. The molecule has 0 radical (unpaired) electrons. The number of amides is 1. The third kappa shape index (κ3) is 5.44. The van der Waals surface area contributed by atoms with Gasteiger partial charge in [-0.2, -0.15) is 0 Å². The summed E-state index contributed by atoms with van der Waals surface area (Å²) in [6, 6.07) is 9.02. The van der Waals surface area contributed by atoms with E-state index < -0.39 is 36.6 Å². The highest BCUT2D eigenvalue weighted by molar-refractivity contribution is 5.78. The van der Waals surface area contributed by atoms with Crippen LogP contribution < -0.4 is 5.32 Å². The highest BCUT2D eigenvalue weighted by Crippen LogP contribution is 2.22. The van der Waals surface area contributed by atoms with Crippen LogP contribution in [0.15, 0.2) is 30.3 Å². The van der Waals surface area contributed by atoms with Crippen LogP contribution in [0.2, 0.25) is 0 Å². The first-order valence-corrected chi connectivity index (χ1v) is 6.74. The molecule has 2 unspecified atom stereocenters. The molecule has 0 aliphatic heterocycles. The topological polar surface area (TPSA) is 105 Å². The highest BCUT2D eigenvalue weighted by Gasteiger charge is 2.41. The summed E-state index contributed by atoms with van der Waals surface area (Å²) in [6.45, 7) is 0.0405. The van der Waals surface area contributed by atoms with Crippen molar-refractivity contribution in [1.29, 1.82) is 0 Å². The lowest BCUT2D eigenvalue weighted by atomic mass is 9.94. The lowest BCUT2D eigenvalue weighted by Crippen LogP contribution is -2.48. The molecule has 0 heterocycles. The van der Waals surface area contributed by atoms with E-state index in [1.54, 1.807) is 24.3 Å². The van der Waals surface area contributed by atoms with Crippen molar-refractivity contribution in [2.45, 2.75) is 31.3 Å². The number of carbonyl (C=O) groups excluding carboxylic acids is 2. The molecule has 0 fully saturated rings. The number of aliphatic hydroxyl groups excluding tert-OH is 1. The van der Waals surface area contributed by atoms with Gasteiger partial charge in [-0.15, -0.1) is 0 Å². The number of ether oxygens (including phenoxy) is 2. The molecule has 1 aromatic carbocycles. The number of carbonyl (C=O) groups is 2. The Kier molecular flexibility index (Phi) is 6.97. The highest BCUT2D eigenvalue weighted by atomic mass is 16.6. The molecule has 122 valence electrons. The van der Waals surface area contributed by atoms with E-state index in [4.69, 9.17) is 4.74 Å². The standard InChI is InChI=1S/C15H21NO6/c1-16-12(17)8-15(20,14(19)21-2)9-13(18)22-10-11-6-4-3-5-7-11/h3-7,14,19-20H,8-10H2,1-2H3,(H,16,17). The molecule has 22 heavy (non-hydrogen) atoms. The Balaban J connectivity index is 2.64. The van der Waals surface area contributed by atoms with Gasteiger partial charge in [-0.25, -0.2) is 0 Å². The van der Waals surface area contributed by atoms with Crippen LogP contribution in [0.3, 0.4) is 0 Å².